The molecule has 0 aromatic rings. The van der Waals surface area contributed by atoms with E-state index in [0.29, 0.717) is 0 Å². The van der Waals surface area contributed by atoms with E-state index in [-0.39, 0.29) is 32.4 Å². The van der Waals surface area contributed by atoms with Crippen molar-refractivity contribution in [3.63, 3.8) is 0 Å². The maximum absolute atomic E-state index is 11.3. The highest BCUT2D eigenvalue weighted by Gasteiger charge is 2.57. The van der Waals surface area contributed by atoms with E-state index in [0.717, 1.165) is 0 Å². The Kier molecular flexibility index (Phi) is 30.1. The summed E-state index contributed by atoms with van der Waals surface area (Å²) in [7, 11) is 0. The van der Waals surface area contributed by atoms with Crippen molar-refractivity contribution in [2.75, 3.05) is 39.5 Å². The quantitative estimate of drug-likeness (QED) is 0.0272. The van der Waals surface area contributed by atoms with Crippen molar-refractivity contribution in [2.24, 2.45) is 49.1 Å². The predicted molar refractivity (Wildman–Crippen MR) is 299 cm³/mol. The van der Waals surface area contributed by atoms with Crippen LogP contribution in [-0.2, 0) is 56.8 Å². The Balaban J connectivity index is 0.000000289. The van der Waals surface area contributed by atoms with Crippen molar-refractivity contribution in [1.82, 2.24) is 0 Å². The maximum Gasteiger partial charge on any atom is 0.187 e. The summed E-state index contributed by atoms with van der Waals surface area (Å²) in [5, 5.41) is 180. The molecule has 0 radical (unpaired) electrons. The lowest BCUT2D eigenvalue weighted by Crippen LogP contribution is -2.68. The number of nitrogens with two attached hydrogens (primary N) is 5. The first-order valence-corrected chi connectivity index (χ1v) is 29.1. The monoisotopic (exact) mass is 1360 g/mol. The SMILES string of the molecule is NC[C@@H]1O[C@H](O[C@@H]2C(O)[C@H](O[C@@H]3C(O)[C@H](N)CC(N)[C@H]3O[C@H]3OC(CO)[C@@H](O)[C@H](O)C3N)O[C@@H]2CO)C(N)C(O)[C@@H]1O.[N-]=[N+]=N.[N-]=[N+]=NC[C@@H]1O[C@H](O[C@@H]2C(O)[C@H](O[C@@H]3C(O)[C@H](N=[N+]=[N-])CC(N=[N+]=[N-])[C@H]3O[C@H]3OC(CO)[C@@H](O)[C@H](O)C3N=[N+]=[N-])O[C@@H]2CO)CC(O)[C@@H]1O. The minimum absolute atomic E-state index is 0.0642. The first kappa shape index (κ1) is 78.2. The molecule has 6 saturated heterocycles. The van der Waals surface area contributed by atoms with E-state index in [1.807, 2.05) is 0 Å². The van der Waals surface area contributed by atoms with Gasteiger partial charge in [-0.25, -0.2) is 0 Å². The van der Waals surface area contributed by atoms with E-state index in [1.54, 1.807) is 4.91 Å². The highest BCUT2D eigenvalue weighted by atomic mass is 16.8. The average Bonchev–Trinajstić information content (AvgIpc) is 1.25. The van der Waals surface area contributed by atoms with Crippen molar-refractivity contribution < 1.29 is 139 Å². The molecule has 534 valence electrons. The van der Waals surface area contributed by atoms with Crippen LogP contribution in [-0.4, -0.2) is 348 Å². The van der Waals surface area contributed by atoms with E-state index in [1.165, 1.54) is 0 Å². The molecule has 6 heterocycles. The van der Waals surface area contributed by atoms with Gasteiger partial charge < -0.3 is 167 Å². The van der Waals surface area contributed by atoms with Crippen molar-refractivity contribution >= 4 is 0 Å². The molecule has 37 atom stereocenters. The lowest BCUT2D eigenvalue weighted by atomic mass is 9.84. The number of ether oxygens (including phenoxy) is 12. The third-order valence-electron chi connectivity index (χ3n) is 16.9. The number of hydrogen-bond acceptors (Lipinski definition) is 38. The van der Waals surface area contributed by atoms with E-state index < -0.39 is 253 Å². The van der Waals surface area contributed by atoms with E-state index in [2.05, 4.69) is 40.1 Å². The largest absolute Gasteiger partial charge is 0.394 e. The van der Waals surface area contributed by atoms with Crippen molar-refractivity contribution in [3.8, 4) is 0 Å². The molecule has 0 spiro atoms. The predicted octanol–water partition coefficient (Wildman–Crippen LogP) is -10.4. The first-order chi connectivity index (χ1) is 44.8. The molecule has 2 aliphatic carbocycles. The zero-order chi connectivity index (χ0) is 69.6. The molecule has 13 unspecified atom stereocenters. The highest BCUT2D eigenvalue weighted by Crippen LogP contribution is 2.39. The molecular weight excluding hydrogens is 1280 g/mol. The second-order valence-corrected chi connectivity index (χ2v) is 22.8. The van der Waals surface area contributed by atoms with Crippen LogP contribution < -0.4 is 28.7 Å². The molecular formula is C46H82N20O28. The van der Waals surface area contributed by atoms with Crippen LogP contribution in [0.1, 0.15) is 19.3 Å². The minimum Gasteiger partial charge on any atom is -0.394 e. The first-order valence-electron chi connectivity index (χ1n) is 29.1. The number of aliphatic hydroxyl groups excluding tert-OH is 16. The summed E-state index contributed by atoms with van der Waals surface area (Å²) in [5.74, 6) is 0. The Morgan fingerprint density at radius 3 is 1.34 bits per heavy atom. The summed E-state index contributed by atoms with van der Waals surface area (Å²) >= 11 is 0. The van der Waals surface area contributed by atoms with Gasteiger partial charge in [0.05, 0.1) is 93.8 Å². The van der Waals surface area contributed by atoms with Gasteiger partial charge in [-0.1, -0.05) is 20.5 Å². The fourth-order valence-electron chi connectivity index (χ4n) is 11.8. The summed E-state index contributed by atoms with van der Waals surface area (Å²) in [6.45, 7) is -3.43. The normalized spacial score (nSPS) is 47.7. The van der Waals surface area contributed by atoms with E-state index in [9.17, 15) is 87.2 Å². The standard InChI is InChI=1S/C23H36N12O14.C23H45N5O14.HN3/c24-32-28-3-9-15(40)8(38)2-12(44-9)47-20-11(5-37)46-23(18(20)43)49-21-14(39)6(29-33-25)1-7(30-34-26)19(21)48-22-13(31-35-27)17(42)16(41)10(4-36)45-22;24-2-7-13(32)15(34)10(27)21(37-7)41-19-9(4-30)39-23(17(19)36)42-20-12(31)5(25)1-6(26)18(20)40-22-11(28)16(35)14(33)8(3-29)38-22;1-3-2/h6-23,36-43H,1-5H2;5-23,29-36H,1-4,24-28H2;1H/t6-,7?,8?,9+,10?,11-,12-,13?,14?,15+,16-,17-,18?,19-,20+,21-,22-,23+;5-,6?,7+,8?,9-,10?,11?,12?,13-,14-,15?,16-,17?,18-,19+,20-,21-,22-,23+;/m11./s1. The van der Waals surface area contributed by atoms with Crippen LogP contribution in [0.2, 0.25) is 0 Å². The Morgan fingerprint density at radius 2 is 0.830 bits per heavy atom. The van der Waals surface area contributed by atoms with Crippen molar-refractivity contribution in [3.05, 3.63) is 52.2 Å². The number of aliphatic hydroxyl groups is 16. The molecule has 48 nitrogen and oxygen atoms in total. The van der Waals surface area contributed by atoms with Crippen LogP contribution in [0.25, 0.3) is 52.2 Å². The van der Waals surface area contributed by atoms with Gasteiger partial charge in [0.15, 0.2) is 37.7 Å². The van der Waals surface area contributed by atoms with Crippen molar-refractivity contribution in [2.45, 2.75) is 246 Å². The third kappa shape index (κ3) is 17.9. The lowest BCUT2D eigenvalue weighted by Gasteiger charge is -2.47. The third-order valence-corrected chi connectivity index (χ3v) is 16.9. The van der Waals surface area contributed by atoms with Gasteiger partial charge in [0.25, 0.3) is 0 Å². The Morgan fingerprint density at radius 1 is 0.394 bits per heavy atom. The maximum atomic E-state index is 11.3. The molecule has 8 aliphatic rings. The van der Waals surface area contributed by atoms with Crippen LogP contribution in [0, 0.1) is 5.53 Å². The Labute approximate surface area is 529 Å². The molecule has 0 aromatic carbocycles. The summed E-state index contributed by atoms with van der Waals surface area (Å²) in [4.78, 5) is 12.4. The second kappa shape index (κ2) is 36.2. The molecule has 0 amide bonds. The van der Waals surface area contributed by atoms with Gasteiger partial charge in [-0.15, -0.1) is 5.53 Å². The van der Waals surface area contributed by atoms with E-state index in [4.69, 9.17) is 113 Å². The van der Waals surface area contributed by atoms with Gasteiger partial charge in [-0.2, -0.15) is 0 Å². The Bertz CT molecular complexity index is 2610. The molecule has 6 aliphatic heterocycles. The number of rotatable bonds is 22. The van der Waals surface area contributed by atoms with Gasteiger partial charge in [-0.05, 0) is 45.4 Å². The van der Waals surface area contributed by atoms with Gasteiger partial charge in [-0.3, -0.25) is 0 Å². The fourth-order valence-corrected chi connectivity index (χ4v) is 11.8. The topological polar surface area (TPSA) is 820 Å². The minimum atomic E-state index is -1.82. The summed E-state index contributed by atoms with van der Waals surface area (Å²) in [6, 6.07) is -8.57. The van der Waals surface area contributed by atoms with E-state index >= 15 is 0 Å². The van der Waals surface area contributed by atoms with Crippen LogP contribution in [0.15, 0.2) is 20.5 Å². The van der Waals surface area contributed by atoms with Crippen LogP contribution >= 0.6 is 0 Å². The van der Waals surface area contributed by atoms with Crippen LogP contribution in [0.4, 0.5) is 0 Å². The molecule has 27 N–H and O–H groups in total. The molecule has 0 bridgehead atoms. The molecule has 0 aromatic heterocycles. The molecule has 8 rings (SSSR count). The Hall–Kier alpha value is -4.77. The van der Waals surface area contributed by atoms with Gasteiger partial charge in [0, 0.05) is 44.7 Å². The smallest absolute Gasteiger partial charge is 0.187 e. The highest BCUT2D eigenvalue weighted by molar-refractivity contribution is 5.06. The molecule has 94 heavy (non-hydrogen) atoms. The summed E-state index contributed by atoms with van der Waals surface area (Å²) in [5.41, 5.74) is 78.3. The second-order valence-electron chi connectivity index (χ2n) is 22.8. The number of azide groups is 4. The van der Waals surface area contributed by atoms with Gasteiger partial charge in [0.1, 0.15) is 116 Å². The van der Waals surface area contributed by atoms with Crippen LogP contribution in [0.5, 0.6) is 0 Å². The molecule has 8 fully saturated rings. The summed E-state index contributed by atoms with van der Waals surface area (Å²) < 4.78 is 68.9. The number of nitrogens with one attached hydrogen (secondary N) is 1. The van der Waals surface area contributed by atoms with Crippen molar-refractivity contribution in [1.29, 1.82) is 5.53 Å². The zero-order valence-corrected chi connectivity index (χ0v) is 49.4. The van der Waals surface area contributed by atoms with Crippen LogP contribution in [0.3, 0.4) is 0 Å². The van der Waals surface area contributed by atoms with Gasteiger partial charge >= 0.3 is 0 Å². The van der Waals surface area contributed by atoms with Gasteiger partial charge in [0.2, 0.25) is 0 Å². The zero-order valence-electron chi connectivity index (χ0n) is 49.4. The summed E-state index contributed by atoms with van der Waals surface area (Å²) in [6.07, 6.45) is -44.5. The average molecular weight is 1360 g/mol. The molecule has 2 saturated carbocycles. The number of nitrogens with zero attached hydrogens (tertiary/aromatic N) is 14. The fraction of sp³-hybridized carbons (Fsp3) is 1.00. The lowest BCUT2D eigenvalue weighted by molar-refractivity contribution is -0.310. The number of hydrogen-bond donors (Lipinski definition) is 22. The molecule has 48 heteroatoms.